The maximum absolute atomic E-state index is 14.1. The zero-order valence-electron chi connectivity index (χ0n) is 16.2. The molecule has 1 atom stereocenters. The lowest BCUT2D eigenvalue weighted by molar-refractivity contribution is 0.0948. The highest BCUT2D eigenvalue weighted by Crippen LogP contribution is 2.35. The van der Waals surface area contributed by atoms with Gasteiger partial charge in [-0.15, -0.1) is 0 Å². The van der Waals surface area contributed by atoms with E-state index < -0.39 is 23.0 Å². The summed E-state index contributed by atoms with van der Waals surface area (Å²) in [6.07, 6.45) is 2.79. The van der Waals surface area contributed by atoms with E-state index in [1.165, 1.54) is 16.7 Å². The molecule has 1 amide bonds. The van der Waals surface area contributed by atoms with Crippen molar-refractivity contribution >= 4 is 16.8 Å². The second-order valence-electron chi connectivity index (χ2n) is 7.59. The third-order valence-corrected chi connectivity index (χ3v) is 5.59. The first-order valence-electron chi connectivity index (χ1n) is 9.89. The third-order valence-electron chi connectivity index (χ3n) is 5.59. The first kappa shape index (κ1) is 19.2. The fourth-order valence-corrected chi connectivity index (χ4v) is 4.12. The minimum atomic E-state index is -0.630. The van der Waals surface area contributed by atoms with Crippen molar-refractivity contribution in [1.82, 2.24) is 9.88 Å². The summed E-state index contributed by atoms with van der Waals surface area (Å²) in [5.74, 6) is -1.57. The highest BCUT2D eigenvalue weighted by molar-refractivity contribution is 6.03. The van der Waals surface area contributed by atoms with Gasteiger partial charge in [0.05, 0.1) is 5.52 Å². The topological polar surface area (TPSA) is 71.3 Å². The molecule has 29 heavy (non-hydrogen) atoms. The predicted octanol–water partition coefficient (Wildman–Crippen LogP) is 3.72. The zero-order chi connectivity index (χ0) is 20.5. The van der Waals surface area contributed by atoms with Gasteiger partial charge in [-0.25, -0.2) is 4.39 Å². The van der Waals surface area contributed by atoms with Crippen LogP contribution < -0.4 is 10.9 Å². The number of benzene rings is 2. The molecule has 1 unspecified atom stereocenters. The Hall–Kier alpha value is -3.15. The molecule has 2 heterocycles. The Kier molecular flexibility index (Phi) is 5.09. The van der Waals surface area contributed by atoms with Gasteiger partial charge in [0.25, 0.3) is 11.5 Å². The molecule has 0 spiro atoms. The van der Waals surface area contributed by atoms with Gasteiger partial charge in [0.2, 0.25) is 0 Å². The summed E-state index contributed by atoms with van der Waals surface area (Å²) < 4.78 is 15.6. The first-order chi connectivity index (χ1) is 14.0. The van der Waals surface area contributed by atoms with Gasteiger partial charge in [-0.2, -0.15) is 0 Å². The monoisotopic (exact) mass is 394 g/mol. The summed E-state index contributed by atoms with van der Waals surface area (Å²) in [7, 11) is 0. The molecule has 0 aliphatic carbocycles. The number of hydrogen-bond acceptors (Lipinski definition) is 3. The van der Waals surface area contributed by atoms with E-state index in [-0.39, 0.29) is 17.0 Å². The maximum atomic E-state index is 14.1. The maximum Gasteiger partial charge on any atom is 0.267 e. The lowest BCUT2D eigenvalue weighted by atomic mass is 9.95. The summed E-state index contributed by atoms with van der Waals surface area (Å²) >= 11 is 0. The second-order valence-corrected chi connectivity index (χ2v) is 7.59. The summed E-state index contributed by atoms with van der Waals surface area (Å²) in [6.45, 7) is 2.26. The van der Waals surface area contributed by atoms with Crippen molar-refractivity contribution in [3.8, 4) is 5.75 Å². The Morgan fingerprint density at radius 2 is 2.03 bits per heavy atom. The quantitative estimate of drug-likeness (QED) is 0.648. The smallest absolute Gasteiger partial charge is 0.267 e. The van der Waals surface area contributed by atoms with Gasteiger partial charge >= 0.3 is 0 Å². The van der Waals surface area contributed by atoms with Crippen molar-refractivity contribution < 1.29 is 14.3 Å². The average molecular weight is 394 g/mol. The third kappa shape index (κ3) is 3.50. The number of carbonyl (C=O) groups excluding carboxylic acids is 1. The van der Waals surface area contributed by atoms with Gasteiger partial charge in [0.1, 0.15) is 17.1 Å². The highest BCUT2D eigenvalue weighted by Gasteiger charge is 2.28. The molecule has 3 aromatic rings. The van der Waals surface area contributed by atoms with E-state index in [1.54, 1.807) is 0 Å². The van der Waals surface area contributed by atoms with Gasteiger partial charge < -0.3 is 15.0 Å². The summed E-state index contributed by atoms with van der Waals surface area (Å²) in [5, 5.41) is 13.6. The van der Waals surface area contributed by atoms with Crippen LogP contribution in [0.1, 0.15) is 47.3 Å². The lowest BCUT2D eigenvalue weighted by Crippen LogP contribution is -2.36. The Morgan fingerprint density at radius 3 is 2.79 bits per heavy atom. The number of aryl methyl sites for hydroxylation is 2. The van der Waals surface area contributed by atoms with E-state index in [0.29, 0.717) is 36.9 Å². The molecule has 2 aromatic carbocycles. The van der Waals surface area contributed by atoms with Crippen LogP contribution >= 0.6 is 0 Å². The fraction of sp³-hybridized carbons (Fsp3) is 0.304. The molecule has 2 N–H and O–H groups in total. The van der Waals surface area contributed by atoms with Crippen LogP contribution in [0, 0.1) is 5.82 Å². The zero-order valence-corrected chi connectivity index (χ0v) is 16.2. The minimum absolute atomic E-state index is 0.131. The summed E-state index contributed by atoms with van der Waals surface area (Å²) in [5.41, 5.74) is 1.52. The van der Waals surface area contributed by atoms with Crippen molar-refractivity contribution in [2.75, 3.05) is 6.54 Å². The predicted molar refractivity (Wildman–Crippen MR) is 110 cm³/mol. The molecule has 150 valence electrons. The Labute approximate surface area is 167 Å². The molecule has 0 bridgehead atoms. The lowest BCUT2D eigenvalue weighted by Gasteiger charge is -2.26. The minimum Gasteiger partial charge on any atom is -0.506 e. The van der Waals surface area contributed by atoms with Crippen molar-refractivity contribution in [1.29, 1.82) is 0 Å². The molecular weight excluding hydrogens is 371 g/mol. The number of aromatic nitrogens is 1. The molecule has 0 saturated heterocycles. The number of nitrogens with zero attached hydrogens (tertiary/aromatic N) is 1. The number of pyridine rings is 1. The van der Waals surface area contributed by atoms with E-state index in [9.17, 15) is 19.1 Å². The molecule has 1 aliphatic heterocycles. The Bertz CT molecular complexity index is 1140. The van der Waals surface area contributed by atoms with Gasteiger partial charge in [0, 0.05) is 18.0 Å². The SMILES string of the molecule is CC1CCc2cc(F)cc3c(O)c(C(=O)NCCCc4ccccc4)c(=O)n1c23. The van der Waals surface area contributed by atoms with Crippen LogP contribution in [0.5, 0.6) is 5.75 Å². The van der Waals surface area contributed by atoms with Crippen LogP contribution in [0.2, 0.25) is 0 Å². The fourth-order valence-electron chi connectivity index (χ4n) is 4.12. The molecule has 0 fully saturated rings. The summed E-state index contributed by atoms with van der Waals surface area (Å²) in [4.78, 5) is 25.8. The van der Waals surface area contributed by atoms with E-state index in [2.05, 4.69) is 5.32 Å². The van der Waals surface area contributed by atoms with Crippen molar-refractivity contribution in [3.63, 3.8) is 0 Å². The standard InChI is InChI=1S/C23H23FN2O3/c1-14-9-10-16-12-17(24)13-18-20(16)26(14)23(29)19(21(18)27)22(28)25-11-5-8-15-6-3-2-4-7-15/h2-4,6-7,12-14,27H,5,8-11H2,1H3,(H,25,28). The van der Waals surface area contributed by atoms with Gasteiger partial charge in [0.15, 0.2) is 0 Å². The van der Waals surface area contributed by atoms with Crippen LogP contribution in [0.15, 0.2) is 47.3 Å². The van der Waals surface area contributed by atoms with Crippen molar-refractivity contribution in [2.45, 2.75) is 38.6 Å². The van der Waals surface area contributed by atoms with E-state index in [4.69, 9.17) is 0 Å². The largest absolute Gasteiger partial charge is 0.506 e. The van der Waals surface area contributed by atoms with Crippen molar-refractivity contribution in [2.24, 2.45) is 0 Å². The Morgan fingerprint density at radius 1 is 1.28 bits per heavy atom. The average Bonchev–Trinajstić information content (AvgIpc) is 2.71. The van der Waals surface area contributed by atoms with Gasteiger partial charge in [-0.3, -0.25) is 9.59 Å². The highest BCUT2D eigenvalue weighted by atomic mass is 19.1. The van der Waals surface area contributed by atoms with Crippen LogP contribution in [0.4, 0.5) is 4.39 Å². The van der Waals surface area contributed by atoms with Crippen LogP contribution in [0.25, 0.3) is 10.9 Å². The number of hydrogen-bond donors (Lipinski definition) is 2. The van der Waals surface area contributed by atoms with Crippen molar-refractivity contribution in [3.05, 3.63) is 75.3 Å². The van der Waals surface area contributed by atoms with E-state index >= 15 is 0 Å². The number of halogens is 1. The number of nitrogens with one attached hydrogen (secondary N) is 1. The molecular formula is C23H23FN2O3. The molecule has 0 saturated carbocycles. The molecule has 5 nitrogen and oxygen atoms in total. The number of carbonyl (C=O) groups is 1. The van der Waals surface area contributed by atoms with Gasteiger partial charge in [-0.05, 0) is 55.9 Å². The van der Waals surface area contributed by atoms with Crippen LogP contribution in [0.3, 0.4) is 0 Å². The number of rotatable bonds is 5. The normalized spacial score (nSPS) is 15.4. The number of aromatic hydroxyl groups is 1. The second kappa shape index (κ2) is 7.70. The molecule has 1 aromatic heterocycles. The first-order valence-corrected chi connectivity index (χ1v) is 9.89. The molecule has 6 heteroatoms. The molecule has 4 rings (SSSR count). The molecule has 0 radical (unpaired) electrons. The van der Waals surface area contributed by atoms with Gasteiger partial charge in [-0.1, -0.05) is 30.3 Å². The summed E-state index contributed by atoms with van der Waals surface area (Å²) in [6, 6.07) is 12.4. The Balaban J connectivity index is 1.63. The van der Waals surface area contributed by atoms with E-state index in [0.717, 1.165) is 12.0 Å². The van der Waals surface area contributed by atoms with Crippen LogP contribution in [-0.4, -0.2) is 22.1 Å². The van der Waals surface area contributed by atoms with Crippen LogP contribution in [-0.2, 0) is 12.8 Å². The molecule has 1 aliphatic rings. The number of amides is 1. The van der Waals surface area contributed by atoms with E-state index in [1.807, 2.05) is 37.3 Å².